The first-order chi connectivity index (χ1) is 13.5. The summed E-state index contributed by atoms with van der Waals surface area (Å²) in [6.45, 7) is 6.82. The van der Waals surface area contributed by atoms with Crippen LogP contribution >= 0.6 is 11.3 Å². The molecule has 1 saturated carbocycles. The van der Waals surface area contributed by atoms with Crippen molar-refractivity contribution < 1.29 is 4.79 Å². The Hall–Kier alpha value is -2.47. The second-order valence-corrected chi connectivity index (χ2v) is 8.79. The van der Waals surface area contributed by atoms with Crippen molar-refractivity contribution in [2.75, 3.05) is 5.32 Å². The first-order valence-electron chi connectivity index (χ1n) is 9.89. The van der Waals surface area contributed by atoms with Crippen molar-refractivity contribution in [2.45, 2.75) is 59.0 Å². The lowest BCUT2D eigenvalue weighted by molar-refractivity contribution is 0.0938. The van der Waals surface area contributed by atoms with Gasteiger partial charge < -0.3 is 10.6 Å². The fourth-order valence-electron chi connectivity index (χ4n) is 3.78. The molecule has 28 heavy (non-hydrogen) atoms. The minimum absolute atomic E-state index is 0.0314. The Morgan fingerprint density at radius 2 is 1.82 bits per heavy atom. The Labute approximate surface area is 169 Å². The third-order valence-electron chi connectivity index (χ3n) is 5.51. The molecular weight excluding hydrogens is 368 g/mol. The molecule has 5 nitrogen and oxygen atoms in total. The van der Waals surface area contributed by atoms with Crippen molar-refractivity contribution in [3.8, 4) is 0 Å². The third kappa shape index (κ3) is 3.87. The van der Waals surface area contributed by atoms with Gasteiger partial charge in [0.25, 0.3) is 5.91 Å². The van der Waals surface area contributed by atoms with E-state index in [9.17, 15) is 4.79 Å². The molecule has 1 aromatic carbocycles. The van der Waals surface area contributed by atoms with Gasteiger partial charge in [-0.3, -0.25) is 4.79 Å². The summed E-state index contributed by atoms with van der Waals surface area (Å²) in [5.74, 6) is 1.69. The number of hydrogen-bond acceptors (Lipinski definition) is 5. The van der Waals surface area contributed by atoms with Crippen molar-refractivity contribution in [2.24, 2.45) is 0 Å². The molecular formula is C22H26N4OS. The van der Waals surface area contributed by atoms with Crippen molar-refractivity contribution >= 4 is 33.3 Å². The minimum atomic E-state index is 0.0314. The minimum Gasteiger partial charge on any atom is -0.365 e. The van der Waals surface area contributed by atoms with E-state index in [1.54, 1.807) is 11.3 Å². The van der Waals surface area contributed by atoms with E-state index in [2.05, 4.69) is 34.4 Å². The SMILES string of the molecule is Cc1nc(NCc2ccc(C(=O)NC3CCCC3)cc2)c2c(C)c(C)sc2n1. The first-order valence-corrected chi connectivity index (χ1v) is 10.7. The van der Waals surface area contributed by atoms with Crippen LogP contribution in [-0.4, -0.2) is 21.9 Å². The van der Waals surface area contributed by atoms with Gasteiger partial charge in [0.05, 0.1) is 5.39 Å². The number of nitrogens with one attached hydrogen (secondary N) is 2. The number of amides is 1. The van der Waals surface area contributed by atoms with Crippen molar-refractivity contribution in [3.05, 3.63) is 51.7 Å². The highest BCUT2D eigenvalue weighted by atomic mass is 32.1. The molecule has 6 heteroatoms. The van der Waals surface area contributed by atoms with E-state index in [1.807, 2.05) is 31.2 Å². The van der Waals surface area contributed by atoms with Crippen LogP contribution in [0.3, 0.4) is 0 Å². The molecule has 0 aliphatic heterocycles. The molecule has 1 fully saturated rings. The molecule has 2 aromatic heterocycles. The quantitative estimate of drug-likeness (QED) is 0.646. The van der Waals surface area contributed by atoms with Crippen LogP contribution in [0.25, 0.3) is 10.2 Å². The van der Waals surface area contributed by atoms with E-state index >= 15 is 0 Å². The van der Waals surface area contributed by atoms with Crippen LogP contribution in [0.5, 0.6) is 0 Å². The molecule has 0 unspecified atom stereocenters. The number of carbonyl (C=O) groups is 1. The van der Waals surface area contributed by atoms with E-state index in [1.165, 1.54) is 23.3 Å². The van der Waals surface area contributed by atoms with Crippen LogP contribution in [-0.2, 0) is 6.54 Å². The monoisotopic (exact) mass is 394 g/mol. The normalized spacial score (nSPS) is 14.5. The van der Waals surface area contributed by atoms with Gasteiger partial charge in [-0.1, -0.05) is 25.0 Å². The summed E-state index contributed by atoms with van der Waals surface area (Å²) in [6.07, 6.45) is 4.63. The van der Waals surface area contributed by atoms with Gasteiger partial charge in [0.1, 0.15) is 16.5 Å². The van der Waals surface area contributed by atoms with Gasteiger partial charge in [-0.05, 0) is 56.9 Å². The van der Waals surface area contributed by atoms with E-state index in [0.717, 1.165) is 45.8 Å². The maximum Gasteiger partial charge on any atom is 0.251 e. The van der Waals surface area contributed by atoms with Crippen molar-refractivity contribution in [1.29, 1.82) is 0 Å². The Bertz CT molecular complexity index is 1000. The number of thiophene rings is 1. The maximum atomic E-state index is 12.4. The van der Waals surface area contributed by atoms with Gasteiger partial charge >= 0.3 is 0 Å². The molecule has 1 aliphatic rings. The van der Waals surface area contributed by atoms with Gasteiger partial charge in [0, 0.05) is 23.0 Å². The zero-order chi connectivity index (χ0) is 19.7. The highest BCUT2D eigenvalue weighted by Gasteiger charge is 2.18. The average Bonchev–Trinajstić information content (AvgIpc) is 3.28. The highest BCUT2D eigenvalue weighted by molar-refractivity contribution is 7.18. The fraction of sp³-hybridized carbons (Fsp3) is 0.409. The molecule has 4 rings (SSSR count). The summed E-state index contributed by atoms with van der Waals surface area (Å²) in [6, 6.07) is 8.17. The molecule has 146 valence electrons. The van der Waals surface area contributed by atoms with Crippen LogP contribution in [0.2, 0.25) is 0 Å². The highest BCUT2D eigenvalue weighted by Crippen LogP contribution is 2.33. The van der Waals surface area contributed by atoms with Crippen LogP contribution in [0, 0.1) is 20.8 Å². The van der Waals surface area contributed by atoms with Gasteiger partial charge in [0.15, 0.2) is 0 Å². The van der Waals surface area contributed by atoms with Crippen molar-refractivity contribution in [3.63, 3.8) is 0 Å². The number of anilines is 1. The lowest BCUT2D eigenvalue weighted by Gasteiger charge is -2.12. The van der Waals surface area contributed by atoms with Crippen LogP contribution in [0.4, 0.5) is 5.82 Å². The number of carbonyl (C=O) groups excluding carboxylic acids is 1. The Morgan fingerprint density at radius 1 is 1.11 bits per heavy atom. The Morgan fingerprint density at radius 3 is 2.54 bits per heavy atom. The summed E-state index contributed by atoms with van der Waals surface area (Å²) in [7, 11) is 0. The summed E-state index contributed by atoms with van der Waals surface area (Å²) >= 11 is 1.71. The number of fused-ring (bicyclic) bond motifs is 1. The average molecular weight is 395 g/mol. The summed E-state index contributed by atoms with van der Waals surface area (Å²) in [5.41, 5.74) is 3.08. The number of aryl methyl sites for hydroxylation is 3. The topological polar surface area (TPSA) is 66.9 Å². The predicted octanol–water partition coefficient (Wildman–Crippen LogP) is 4.90. The van der Waals surface area contributed by atoms with Gasteiger partial charge in [-0.15, -0.1) is 11.3 Å². The van der Waals surface area contributed by atoms with Crippen LogP contribution in [0.1, 0.15) is 57.9 Å². The molecule has 2 heterocycles. The molecule has 2 N–H and O–H groups in total. The zero-order valence-corrected chi connectivity index (χ0v) is 17.4. The largest absolute Gasteiger partial charge is 0.365 e. The molecule has 0 atom stereocenters. The number of aromatic nitrogens is 2. The smallest absolute Gasteiger partial charge is 0.251 e. The fourth-order valence-corrected chi connectivity index (χ4v) is 4.86. The number of nitrogens with zero attached hydrogens (tertiary/aromatic N) is 2. The maximum absolute atomic E-state index is 12.4. The van der Waals surface area contributed by atoms with Gasteiger partial charge in [0.2, 0.25) is 0 Å². The molecule has 0 spiro atoms. The second-order valence-electron chi connectivity index (χ2n) is 7.59. The third-order valence-corrected chi connectivity index (χ3v) is 6.61. The van der Waals surface area contributed by atoms with E-state index in [0.29, 0.717) is 12.6 Å². The predicted molar refractivity (Wildman–Crippen MR) is 115 cm³/mol. The Kier molecular flexibility index (Phi) is 5.31. The molecule has 3 aromatic rings. The summed E-state index contributed by atoms with van der Waals surface area (Å²) < 4.78 is 0. The Balaban J connectivity index is 1.45. The lowest BCUT2D eigenvalue weighted by atomic mass is 10.1. The van der Waals surface area contributed by atoms with E-state index < -0.39 is 0 Å². The summed E-state index contributed by atoms with van der Waals surface area (Å²) in [5, 5.41) is 7.71. The number of benzene rings is 1. The van der Waals surface area contributed by atoms with Crippen LogP contribution in [0.15, 0.2) is 24.3 Å². The lowest BCUT2D eigenvalue weighted by Crippen LogP contribution is -2.32. The number of rotatable bonds is 5. The second kappa shape index (κ2) is 7.87. The number of hydrogen-bond donors (Lipinski definition) is 2. The van der Waals surface area contributed by atoms with Crippen molar-refractivity contribution in [1.82, 2.24) is 15.3 Å². The van der Waals surface area contributed by atoms with E-state index in [4.69, 9.17) is 0 Å². The molecule has 1 amide bonds. The van der Waals surface area contributed by atoms with Gasteiger partial charge in [-0.25, -0.2) is 9.97 Å². The van der Waals surface area contributed by atoms with Crippen LogP contribution < -0.4 is 10.6 Å². The van der Waals surface area contributed by atoms with Gasteiger partial charge in [-0.2, -0.15) is 0 Å². The standard InChI is InChI=1S/C22H26N4OS/c1-13-14(2)28-22-19(13)20(24-15(3)25-22)23-12-16-8-10-17(11-9-16)21(27)26-18-6-4-5-7-18/h8-11,18H,4-7,12H2,1-3H3,(H,26,27)(H,23,24,25). The summed E-state index contributed by atoms with van der Waals surface area (Å²) in [4.78, 5) is 23.9. The molecule has 0 radical (unpaired) electrons. The molecule has 0 bridgehead atoms. The molecule has 0 saturated heterocycles. The zero-order valence-electron chi connectivity index (χ0n) is 16.6. The molecule has 1 aliphatic carbocycles. The van der Waals surface area contributed by atoms with E-state index in [-0.39, 0.29) is 5.91 Å². The first kappa shape index (κ1) is 18.9.